The number of anilines is 3. The van der Waals surface area contributed by atoms with Gasteiger partial charge in [-0.05, 0) is 55.1 Å². The summed E-state index contributed by atoms with van der Waals surface area (Å²) in [5.41, 5.74) is 6.48. The minimum Gasteiger partial charge on any atom is -0.369 e. The van der Waals surface area contributed by atoms with Crippen molar-refractivity contribution in [3.63, 3.8) is 0 Å². The minimum atomic E-state index is 0.828. The monoisotopic (exact) mass is 437 g/mol. The molecule has 1 aliphatic rings. The van der Waals surface area contributed by atoms with E-state index in [1.807, 2.05) is 30.2 Å². The highest BCUT2D eigenvalue weighted by atomic mass is 15.3. The van der Waals surface area contributed by atoms with E-state index in [1.165, 1.54) is 5.69 Å². The number of benzene rings is 2. The quantitative estimate of drug-likeness (QED) is 0.430. The predicted molar refractivity (Wildman–Crippen MR) is 135 cm³/mol. The molecule has 7 heteroatoms. The molecule has 33 heavy (non-hydrogen) atoms. The molecule has 3 aromatic heterocycles. The van der Waals surface area contributed by atoms with E-state index >= 15 is 0 Å². The van der Waals surface area contributed by atoms with Gasteiger partial charge >= 0.3 is 0 Å². The maximum Gasteiger partial charge on any atom is 0.140 e. The SMILES string of the molecule is CN1CCN(c2cccc(Nc3ccc4c(-c5ccc6nn(C)cc6c5)c[nH]c4n3)c2)CC1. The molecular formula is C26H27N7. The number of pyridine rings is 1. The van der Waals surface area contributed by atoms with Crippen LogP contribution in [0.15, 0.2) is 67.0 Å². The lowest BCUT2D eigenvalue weighted by atomic mass is 10.0. The summed E-state index contributed by atoms with van der Waals surface area (Å²) in [4.78, 5) is 13.0. The number of aromatic amines is 1. The number of likely N-dealkylation sites (N-methyl/N-ethyl adjacent to an activating group) is 1. The molecule has 0 spiro atoms. The van der Waals surface area contributed by atoms with Crippen LogP contribution >= 0.6 is 0 Å². The lowest BCUT2D eigenvalue weighted by Gasteiger charge is -2.34. The summed E-state index contributed by atoms with van der Waals surface area (Å²) in [7, 11) is 4.13. The van der Waals surface area contributed by atoms with Gasteiger partial charge in [0.1, 0.15) is 11.5 Å². The molecular weight excluding hydrogens is 410 g/mol. The van der Waals surface area contributed by atoms with E-state index in [2.05, 4.69) is 80.8 Å². The number of aromatic nitrogens is 4. The van der Waals surface area contributed by atoms with Crippen molar-refractivity contribution in [1.29, 1.82) is 0 Å². The lowest BCUT2D eigenvalue weighted by Crippen LogP contribution is -2.44. The minimum absolute atomic E-state index is 0.828. The van der Waals surface area contributed by atoms with Gasteiger partial charge in [0.25, 0.3) is 0 Å². The third-order valence-corrected chi connectivity index (χ3v) is 6.46. The van der Waals surface area contributed by atoms with Crippen molar-refractivity contribution < 1.29 is 0 Å². The first kappa shape index (κ1) is 19.8. The van der Waals surface area contributed by atoms with Crippen LogP contribution in [0.2, 0.25) is 0 Å². The Balaban J connectivity index is 1.26. The Bertz CT molecular complexity index is 1440. The second kappa shape index (κ2) is 7.94. The predicted octanol–water partition coefficient (Wildman–Crippen LogP) is 4.61. The summed E-state index contributed by atoms with van der Waals surface area (Å²) in [6, 6.07) is 19.1. The van der Waals surface area contributed by atoms with E-state index in [4.69, 9.17) is 4.98 Å². The van der Waals surface area contributed by atoms with Gasteiger partial charge in [-0.25, -0.2) is 4.98 Å². The smallest absolute Gasteiger partial charge is 0.140 e. The van der Waals surface area contributed by atoms with Crippen LogP contribution < -0.4 is 10.2 Å². The molecule has 6 rings (SSSR count). The summed E-state index contributed by atoms with van der Waals surface area (Å²) >= 11 is 0. The third kappa shape index (κ3) is 3.81. The molecule has 2 aromatic carbocycles. The molecule has 0 radical (unpaired) electrons. The number of hydrogen-bond acceptors (Lipinski definition) is 5. The Morgan fingerprint density at radius 2 is 1.82 bits per heavy atom. The van der Waals surface area contributed by atoms with Crippen LogP contribution in [0.1, 0.15) is 0 Å². The number of fused-ring (bicyclic) bond motifs is 2. The van der Waals surface area contributed by atoms with E-state index in [9.17, 15) is 0 Å². The number of rotatable bonds is 4. The van der Waals surface area contributed by atoms with Crippen LogP contribution in [-0.4, -0.2) is 57.9 Å². The molecule has 0 bridgehead atoms. The molecule has 1 saturated heterocycles. The molecule has 1 aliphatic heterocycles. The van der Waals surface area contributed by atoms with E-state index in [0.717, 1.165) is 70.7 Å². The maximum atomic E-state index is 4.83. The Hall–Kier alpha value is -3.84. The number of nitrogens with zero attached hydrogens (tertiary/aromatic N) is 5. The van der Waals surface area contributed by atoms with Gasteiger partial charge in [-0.3, -0.25) is 4.68 Å². The number of aryl methyl sites for hydroxylation is 1. The van der Waals surface area contributed by atoms with Gasteiger partial charge in [-0.15, -0.1) is 0 Å². The third-order valence-electron chi connectivity index (χ3n) is 6.46. The lowest BCUT2D eigenvalue weighted by molar-refractivity contribution is 0.313. The molecule has 0 unspecified atom stereocenters. The van der Waals surface area contributed by atoms with Crippen molar-refractivity contribution in [2.75, 3.05) is 43.4 Å². The molecule has 0 saturated carbocycles. The fraction of sp³-hybridized carbons (Fsp3) is 0.231. The van der Waals surface area contributed by atoms with Gasteiger partial charge in [-0.2, -0.15) is 5.10 Å². The average Bonchev–Trinajstić information content (AvgIpc) is 3.41. The van der Waals surface area contributed by atoms with E-state index in [-0.39, 0.29) is 0 Å². The normalized spacial score (nSPS) is 14.9. The van der Waals surface area contributed by atoms with Gasteiger partial charge in [0, 0.05) is 73.3 Å². The average molecular weight is 438 g/mol. The standard InChI is InChI=1S/C26H27N7/c1-31-10-12-33(13-11-31)21-5-3-4-20(15-21)28-25-9-7-22-23(16-27-26(22)29-25)18-6-8-24-19(14-18)17-32(2)30-24/h3-9,14-17H,10-13H2,1-2H3,(H2,27,28,29). The highest BCUT2D eigenvalue weighted by Gasteiger charge is 2.15. The van der Waals surface area contributed by atoms with Gasteiger partial charge in [-0.1, -0.05) is 12.1 Å². The molecule has 0 aliphatic carbocycles. The van der Waals surface area contributed by atoms with E-state index in [0.29, 0.717) is 0 Å². The van der Waals surface area contributed by atoms with Crippen LogP contribution in [0.4, 0.5) is 17.2 Å². The summed E-state index contributed by atoms with van der Waals surface area (Å²) in [6.45, 7) is 4.30. The van der Waals surface area contributed by atoms with Gasteiger partial charge in [0.15, 0.2) is 0 Å². The van der Waals surface area contributed by atoms with Crippen molar-refractivity contribution in [3.8, 4) is 11.1 Å². The van der Waals surface area contributed by atoms with E-state index in [1.54, 1.807) is 0 Å². The Kier molecular flexibility index (Phi) is 4.77. The van der Waals surface area contributed by atoms with Gasteiger partial charge in [0.2, 0.25) is 0 Å². The Labute approximate surface area is 192 Å². The molecule has 4 heterocycles. The van der Waals surface area contributed by atoms with Gasteiger partial charge < -0.3 is 20.1 Å². The number of hydrogen-bond donors (Lipinski definition) is 2. The fourth-order valence-corrected chi connectivity index (χ4v) is 4.62. The fourth-order valence-electron chi connectivity index (χ4n) is 4.62. The van der Waals surface area contributed by atoms with E-state index < -0.39 is 0 Å². The van der Waals surface area contributed by atoms with Gasteiger partial charge in [0.05, 0.1) is 5.52 Å². The molecule has 0 atom stereocenters. The summed E-state index contributed by atoms with van der Waals surface area (Å²) in [5, 5.41) is 10.2. The highest BCUT2D eigenvalue weighted by Crippen LogP contribution is 2.31. The van der Waals surface area contributed by atoms with Crippen LogP contribution in [0.25, 0.3) is 33.1 Å². The number of H-pyrrole nitrogens is 1. The summed E-state index contributed by atoms with van der Waals surface area (Å²) < 4.78 is 1.85. The largest absolute Gasteiger partial charge is 0.369 e. The molecule has 2 N–H and O–H groups in total. The topological polar surface area (TPSA) is 65.0 Å². The second-order valence-electron chi connectivity index (χ2n) is 8.84. The Morgan fingerprint density at radius 3 is 2.70 bits per heavy atom. The van der Waals surface area contributed by atoms with Crippen LogP contribution in [0, 0.1) is 0 Å². The van der Waals surface area contributed by atoms with Crippen molar-refractivity contribution in [1.82, 2.24) is 24.6 Å². The summed E-state index contributed by atoms with van der Waals surface area (Å²) in [5.74, 6) is 0.828. The Morgan fingerprint density at radius 1 is 0.939 bits per heavy atom. The molecule has 166 valence electrons. The number of nitrogens with one attached hydrogen (secondary N) is 2. The van der Waals surface area contributed by atoms with Crippen molar-refractivity contribution in [2.24, 2.45) is 7.05 Å². The molecule has 0 amide bonds. The zero-order valence-corrected chi connectivity index (χ0v) is 18.9. The van der Waals surface area contributed by atoms with Crippen LogP contribution in [0.5, 0.6) is 0 Å². The number of piperazine rings is 1. The molecule has 7 nitrogen and oxygen atoms in total. The van der Waals surface area contributed by atoms with Crippen molar-refractivity contribution in [3.05, 3.63) is 67.0 Å². The van der Waals surface area contributed by atoms with Crippen molar-refractivity contribution in [2.45, 2.75) is 0 Å². The molecule has 1 fully saturated rings. The first-order chi connectivity index (χ1) is 16.1. The summed E-state index contributed by atoms with van der Waals surface area (Å²) in [6.07, 6.45) is 4.08. The zero-order chi connectivity index (χ0) is 22.4. The van der Waals surface area contributed by atoms with Crippen LogP contribution in [0.3, 0.4) is 0 Å². The van der Waals surface area contributed by atoms with Crippen LogP contribution in [-0.2, 0) is 7.05 Å². The first-order valence-corrected chi connectivity index (χ1v) is 11.3. The highest BCUT2D eigenvalue weighted by molar-refractivity contribution is 5.96. The molecule has 5 aromatic rings. The second-order valence-corrected chi connectivity index (χ2v) is 8.84. The first-order valence-electron chi connectivity index (χ1n) is 11.3. The van der Waals surface area contributed by atoms with Crippen molar-refractivity contribution >= 4 is 39.1 Å². The zero-order valence-electron chi connectivity index (χ0n) is 18.9. The maximum absolute atomic E-state index is 4.83.